The lowest BCUT2D eigenvalue weighted by Gasteiger charge is -2.30. The van der Waals surface area contributed by atoms with Gasteiger partial charge in [0.2, 0.25) is 5.91 Å². The van der Waals surface area contributed by atoms with Gasteiger partial charge in [-0.25, -0.2) is 4.98 Å². The number of hydrogen-bond donors (Lipinski definition) is 1. The van der Waals surface area contributed by atoms with Crippen molar-refractivity contribution in [1.29, 1.82) is 0 Å². The molecule has 19 heavy (non-hydrogen) atoms. The third-order valence-electron chi connectivity index (χ3n) is 3.66. The molecule has 1 aromatic rings. The van der Waals surface area contributed by atoms with Crippen LogP contribution >= 0.6 is 11.3 Å². The molecule has 1 fully saturated rings. The van der Waals surface area contributed by atoms with Gasteiger partial charge in [0.25, 0.3) is 0 Å². The quantitative estimate of drug-likeness (QED) is 0.917. The van der Waals surface area contributed by atoms with Gasteiger partial charge in [-0.15, -0.1) is 11.3 Å². The van der Waals surface area contributed by atoms with Crippen molar-refractivity contribution in [3.05, 3.63) is 16.6 Å². The Morgan fingerprint density at radius 2 is 2.11 bits per heavy atom. The van der Waals surface area contributed by atoms with Crippen molar-refractivity contribution in [2.45, 2.75) is 32.2 Å². The summed E-state index contributed by atoms with van der Waals surface area (Å²) in [6, 6.07) is 0. The van der Waals surface area contributed by atoms with E-state index in [1.165, 1.54) is 11.3 Å². The number of hydrogen-bond acceptors (Lipinski definition) is 4. The Kier molecular flexibility index (Phi) is 4.52. The van der Waals surface area contributed by atoms with E-state index in [4.69, 9.17) is 0 Å². The second kappa shape index (κ2) is 6.14. The molecule has 5 nitrogen and oxygen atoms in total. The molecule has 0 aliphatic heterocycles. The molecule has 1 amide bonds. The molecule has 0 aromatic carbocycles. The number of thiazole rings is 1. The van der Waals surface area contributed by atoms with E-state index in [1.54, 1.807) is 17.5 Å². The predicted octanol–water partition coefficient (Wildman–Crippen LogP) is 1.99. The third-order valence-corrected chi connectivity index (χ3v) is 4.29. The van der Waals surface area contributed by atoms with Crippen molar-refractivity contribution in [3.8, 4) is 0 Å². The van der Waals surface area contributed by atoms with Crippen molar-refractivity contribution in [2.24, 2.45) is 11.8 Å². The van der Waals surface area contributed by atoms with E-state index < -0.39 is 11.9 Å². The number of carboxylic acids is 1. The Morgan fingerprint density at radius 3 is 2.68 bits per heavy atom. The lowest BCUT2D eigenvalue weighted by atomic mass is 9.78. The second-order valence-corrected chi connectivity index (χ2v) is 5.73. The largest absolute Gasteiger partial charge is 0.481 e. The maximum atomic E-state index is 12.4. The zero-order valence-electron chi connectivity index (χ0n) is 10.9. The molecule has 1 N–H and O–H groups in total. The number of aromatic nitrogens is 1. The molecular weight excluding hydrogens is 264 g/mol. The number of carboxylic acid groups (broad SMARTS) is 1. The first-order valence-electron chi connectivity index (χ1n) is 6.44. The van der Waals surface area contributed by atoms with Crippen LogP contribution in [0.1, 0.15) is 31.4 Å². The molecule has 0 bridgehead atoms. The van der Waals surface area contributed by atoms with Gasteiger partial charge in [-0.3, -0.25) is 9.59 Å². The number of rotatable bonds is 4. The van der Waals surface area contributed by atoms with E-state index in [1.807, 2.05) is 5.38 Å². The average Bonchev–Trinajstić information content (AvgIpc) is 2.90. The molecule has 2 rings (SSSR count). The number of amides is 1. The van der Waals surface area contributed by atoms with Crippen LogP contribution in [0.3, 0.4) is 0 Å². The normalized spacial score (nSPS) is 23.0. The standard InChI is InChI=1S/C13H18N2O3S/c1-15(6-9-7-19-8-14-9)12(16)10-4-2-3-5-11(10)13(17)18/h7-8,10-11H,2-6H2,1H3,(H,17,18)/t10-,11+/m1/s1. The van der Waals surface area contributed by atoms with E-state index in [0.29, 0.717) is 19.4 Å². The maximum absolute atomic E-state index is 12.4. The van der Waals surface area contributed by atoms with Crippen molar-refractivity contribution < 1.29 is 14.7 Å². The maximum Gasteiger partial charge on any atom is 0.307 e. The van der Waals surface area contributed by atoms with E-state index in [0.717, 1.165) is 18.5 Å². The van der Waals surface area contributed by atoms with Crippen LogP contribution in [-0.4, -0.2) is 33.9 Å². The molecule has 104 valence electrons. The number of carbonyl (C=O) groups excluding carboxylic acids is 1. The Hall–Kier alpha value is -1.43. The summed E-state index contributed by atoms with van der Waals surface area (Å²) < 4.78 is 0. The SMILES string of the molecule is CN(Cc1cscn1)C(=O)[C@@H]1CCCC[C@@H]1C(=O)O. The summed E-state index contributed by atoms with van der Waals surface area (Å²) in [5, 5.41) is 11.1. The highest BCUT2D eigenvalue weighted by molar-refractivity contribution is 7.07. The van der Waals surface area contributed by atoms with E-state index in [-0.39, 0.29) is 11.8 Å². The molecule has 1 aliphatic carbocycles. The highest BCUT2D eigenvalue weighted by atomic mass is 32.1. The first-order valence-corrected chi connectivity index (χ1v) is 7.38. The van der Waals surface area contributed by atoms with Crippen molar-refractivity contribution >= 4 is 23.2 Å². The smallest absolute Gasteiger partial charge is 0.307 e. The fourth-order valence-corrected chi connectivity index (χ4v) is 3.19. The van der Waals surface area contributed by atoms with Gasteiger partial charge >= 0.3 is 5.97 Å². The van der Waals surface area contributed by atoms with Gasteiger partial charge in [-0.05, 0) is 12.8 Å². The van der Waals surface area contributed by atoms with Crippen molar-refractivity contribution in [2.75, 3.05) is 7.05 Å². The summed E-state index contributed by atoms with van der Waals surface area (Å²) >= 11 is 1.49. The Morgan fingerprint density at radius 1 is 1.42 bits per heavy atom. The molecule has 0 unspecified atom stereocenters. The fraction of sp³-hybridized carbons (Fsp3) is 0.615. The fourth-order valence-electron chi connectivity index (χ4n) is 2.64. The van der Waals surface area contributed by atoms with Crippen LogP contribution in [-0.2, 0) is 16.1 Å². The molecule has 1 saturated carbocycles. The summed E-state index contributed by atoms with van der Waals surface area (Å²) in [5.41, 5.74) is 2.58. The van der Waals surface area contributed by atoms with Crippen molar-refractivity contribution in [1.82, 2.24) is 9.88 Å². The molecule has 0 radical (unpaired) electrons. The van der Waals surface area contributed by atoms with Gasteiger partial charge in [0.05, 0.1) is 29.6 Å². The summed E-state index contributed by atoms with van der Waals surface area (Å²) in [7, 11) is 1.72. The van der Waals surface area contributed by atoms with Gasteiger partial charge in [0.1, 0.15) is 0 Å². The zero-order chi connectivity index (χ0) is 13.8. The summed E-state index contributed by atoms with van der Waals surface area (Å²) in [6.45, 7) is 0.450. The summed E-state index contributed by atoms with van der Waals surface area (Å²) in [5.74, 6) is -1.82. The number of nitrogens with zero attached hydrogens (tertiary/aromatic N) is 2. The highest BCUT2D eigenvalue weighted by Crippen LogP contribution is 2.31. The average molecular weight is 282 g/mol. The van der Waals surface area contributed by atoms with Crippen LogP contribution in [0.5, 0.6) is 0 Å². The van der Waals surface area contributed by atoms with Gasteiger partial charge in [-0.2, -0.15) is 0 Å². The van der Waals surface area contributed by atoms with Crippen LogP contribution in [0.4, 0.5) is 0 Å². The van der Waals surface area contributed by atoms with Crippen LogP contribution in [0.15, 0.2) is 10.9 Å². The molecule has 1 aliphatic rings. The van der Waals surface area contributed by atoms with E-state index in [9.17, 15) is 14.7 Å². The highest BCUT2D eigenvalue weighted by Gasteiger charge is 2.37. The van der Waals surface area contributed by atoms with Crippen LogP contribution in [0.25, 0.3) is 0 Å². The predicted molar refractivity (Wildman–Crippen MR) is 71.7 cm³/mol. The number of carbonyl (C=O) groups is 2. The molecule has 1 aromatic heterocycles. The van der Waals surface area contributed by atoms with Crippen molar-refractivity contribution in [3.63, 3.8) is 0 Å². The lowest BCUT2D eigenvalue weighted by molar-refractivity contribution is -0.152. The minimum absolute atomic E-state index is 0.0694. The Bertz CT molecular complexity index is 447. The molecule has 0 spiro atoms. The van der Waals surface area contributed by atoms with Gasteiger partial charge in [0, 0.05) is 12.4 Å². The molecule has 6 heteroatoms. The van der Waals surface area contributed by atoms with Crippen LogP contribution in [0, 0.1) is 11.8 Å². The molecule has 1 heterocycles. The minimum atomic E-state index is -0.847. The Labute approximate surface area is 116 Å². The monoisotopic (exact) mass is 282 g/mol. The Balaban J connectivity index is 2.02. The van der Waals surface area contributed by atoms with E-state index in [2.05, 4.69) is 4.98 Å². The number of aliphatic carboxylic acids is 1. The van der Waals surface area contributed by atoms with E-state index >= 15 is 0 Å². The topological polar surface area (TPSA) is 70.5 Å². The molecule has 2 atom stereocenters. The summed E-state index contributed by atoms with van der Waals surface area (Å²) in [6.07, 6.45) is 3.12. The molecule has 0 saturated heterocycles. The zero-order valence-corrected chi connectivity index (χ0v) is 11.7. The van der Waals surface area contributed by atoms with Crippen LogP contribution in [0.2, 0.25) is 0 Å². The second-order valence-electron chi connectivity index (χ2n) is 5.01. The lowest BCUT2D eigenvalue weighted by Crippen LogP contribution is -2.40. The van der Waals surface area contributed by atoms with Gasteiger partial charge in [0.15, 0.2) is 0 Å². The first-order chi connectivity index (χ1) is 9.09. The van der Waals surface area contributed by atoms with Crippen LogP contribution < -0.4 is 0 Å². The molecular formula is C13H18N2O3S. The third kappa shape index (κ3) is 3.32. The van der Waals surface area contributed by atoms with Gasteiger partial charge < -0.3 is 10.0 Å². The van der Waals surface area contributed by atoms with Gasteiger partial charge in [-0.1, -0.05) is 12.8 Å². The first kappa shape index (κ1) is 14.0. The summed E-state index contributed by atoms with van der Waals surface area (Å²) in [4.78, 5) is 29.3. The minimum Gasteiger partial charge on any atom is -0.481 e.